The van der Waals surface area contributed by atoms with Crippen molar-refractivity contribution < 1.29 is 4.74 Å². The lowest BCUT2D eigenvalue weighted by Gasteiger charge is -2.15. The van der Waals surface area contributed by atoms with E-state index in [1.807, 2.05) is 17.8 Å². The minimum Gasteiger partial charge on any atom is -0.377 e. The van der Waals surface area contributed by atoms with Gasteiger partial charge >= 0.3 is 0 Å². The molecule has 2 atom stereocenters. The van der Waals surface area contributed by atoms with Crippen molar-refractivity contribution in [1.29, 1.82) is 0 Å². The van der Waals surface area contributed by atoms with Gasteiger partial charge in [-0.1, -0.05) is 11.6 Å². The molecule has 0 amide bonds. The highest BCUT2D eigenvalue weighted by Gasteiger charge is 2.19. The molecule has 0 aliphatic carbocycles. The van der Waals surface area contributed by atoms with Crippen LogP contribution < -0.4 is 5.73 Å². The fraction of sp³-hybridized carbons (Fsp3) is 0.636. The van der Waals surface area contributed by atoms with Gasteiger partial charge in [-0.15, -0.1) is 23.1 Å². The molecule has 0 radical (unpaired) electrons. The van der Waals surface area contributed by atoms with E-state index in [1.165, 1.54) is 17.7 Å². The van der Waals surface area contributed by atoms with Crippen LogP contribution in [0.3, 0.4) is 0 Å². The van der Waals surface area contributed by atoms with Crippen molar-refractivity contribution >= 4 is 34.7 Å². The Morgan fingerprint density at radius 1 is 1.62 bits per heavy atom. The van der Waals surface area contributed by atoms with Gasteiger partial charge in [-0.3, -0.25) is 0 Å². The van der Waals surface area contributed by atoms with E-state index in [-0.39, 0.29) is 0 Å². The number of hydrogen-bond acceptors (Lipinski definition) is 4. The second-order valence-corrected chi connectivity index (χ2v) is 6.82. The highest BCUT2D eigenvalue weighted by Crippen LogP contribution is 2.36. The molecule has 1 aromatic rings. The first kappa shape index (κ1) is 12.7. The number of thioether (sulfide) groups is 1. The maximum atomic E-state index is 5.93. The highest BCUT2D eigenvalue weighted by atomic mass is 35.5. The Hall–Kier alpha value is 0.260. The van der Waals surface area contributed by atoms with E-state index in [2.05, 4.69) is 6.07 Å². The van der Waals surface area contributed by atoms with Crippen molar-refractivity contribution in [1.82, 2.24) is 0 Å². The van der Waals surface area contributed by atoms with Crippen LogP contribution in [0.25, 0.3) is 0 Å². The third kappa shape index (κ3) is 3.37. The van der Waals surface area contributed by atoms with Crippen LogP contribution in [0.5, 0.6) is 0 Å². The topological polar surface area (TPSA) is 35.2 Å². The first-order chi connectivity index (χ1) is 7.79. The Balaban J connectivity index is 1.85. The maximum absolute atomic E-state index is 5.93. The lowest BCUT2D eigenvalue weighted by Crippen LogP contribution is -2.14. The first-order valence-electron chi connectivity index (χ1n) is 5.48. The zero-order valence-corrected chi connectivity index (χ0v) is 11.4. The van der Waals surface area contributed by atoms with Crippen molar-refractivity contribution in [2.45, 2.75) is 24.2 Å². The van der Waals surface area contributed by atoms with Crippen LogP contribution in [0.2, 0.25) is 4.34 Å². The molecule has 2 nitrogen and oxygen atoms in total. The molecular formula is C11H16ClNOS2. The van der Waals surface area contributed by atoms with Crippen LogP contribution >= 0.6 is 34.7 Å². The molecule has 0 bridgehead atoms. The first-order valence-corrected chi connectivity index (χ1v) is 7.72. The van der Waals surface area contributed by atoms with E-state index < -0.39 is 0 Å². The molecule has 2 unspecified atom stereocenters. The lowest BCUT2D eigenvalue weighted by molar-refractivity contribution is 0.129. The second kappa shape index (κ2) is 6.26. The van der Waals surface area contributed by atoms with E-state index in [9.17, 15) is 0 Å². The monoisotopic (exact) mass is 277 g/mol. The standard InChI is InChI=1S/C11H16ClNOS2/c12-11-4-3-9(16-11)10(6-13)15-7-8-2-1-5-14-8/h3-4,8,10H,1-2,5-7,13H2. The Labute approximate surface area is 110 Å². The van der Waals surface area contributed by atoms with E-state index in [4.69, 9.17) is 22.1 Å². The fourth-order valence-corrected chi connectivity index (χ4v) is 4.26. The average Bonchev–Trinajstić information content (AvgIpc) is 2.91. The summed E-state index contributed by atoms with van der Waals surface area (Å²) >= 11 is 9.45. The minimum atomic E-state index is 0.363. The minimum absolute atomic E-state index is 0.363. The quantitative estimate of drug-likeness (QED) is 0.897. The number of halogens is 1. The number of hydrogen-bond donors (Lipinski definition) is 1. The molecule has 1 aromatic heterocycles. The Morgan fingerprint density at radius 3 is 3.06 bits per heavy atom. The largest absolute Gasteiger partial charge is 0.377 e. The molecule has 1 fully saturated rings. The van der Waals surface area contributed by atoms with Gasteiger partial charge in [0.2, 0.25) is 0 Å². The predicted octanol–water partition coefficient (Wildman–Crippen LogP) is 3.31. The molecule has 0 aromatic carbocycles. The van der Waals surface area contributed by atoms with Crippen molar-refractivity contribution in [3.05, 3.63) is 21.3 Å². The van der Waals surface area contributed by atoms with Gasteiger partial charge in [-0.2, -0.15) is 0 Å². The molecule has 5 heteroatoms. The van der Waals surface area contributed by atoms with Crippen molar-refractivity contribution in [3.63, 3.8) is 0 Å². The zero-order valence-electron chi connectivity index (χ0n) is 9.02. The van der Waals surface area contributed by atoms with Crippen LogP contribution in [0.4, 0.5) is 0 Å². The summed E-state index contributed by atoms with van der Waals surface area (Å²) < 4.78 is 6.44. The summed E-state index contributed by atoms with van der Waals surface area (Å²) in [5.74, 6) is 1.04. The lowest BCUT2D eigenvalue weighted by atomic mass is 10.3. The predicted molar refractivity (Wildman–Crippen MR) is 72.6 cm³/mol. The van der Waals surface area contributed by atoms with E-state index in [0.717, 1.165) is 16.7 Å². The van der Waals surface area contributed by atoms with Crippen LogP contribution in [-0.4, -0.2) is 25.0 Å². The molecule has 0 saturated carbocycles. The van der Waals surface area contributed by atoms with E-state index in [1.54, 1.807) is 11.3 Å². The zero-order chi connectivity index (χ0) is 11.4. The molecule has 2 rings (SSSR count). The van der Waals surface area contributed by atoms with Crippen LogP contribution in [0.1, 0.15) is 23.0 Å². The molecule has 16 heavy (non-hydrogen) atoms. The van der Waals surface area contributed by atoms with Gasteiger partial charge in [0.15, 0.2) is 0 Å². The van der Waals surface area contributed by atoms with Gasteiger partial charge in [-0.05, 0) is 25.0 Å². The van der Waals surface area contributed by atoms with E-state index in [0.29, 0.717) is 17.9 Å². The molecule has 0 spiro atoms. The number of ether oxygens (including phenoxy) is 1. The van der Waals surface area contributed by atoms with Crippen molar-refractivity contribution in [2.75, 3.05) is 18.9 Å². The Kier molecular flexibility index (Phi) is 4.97. The van der Waals surface area contributed by atoms with Gasteiger partial charge < -0.3 is 10.5 Å². The summed E-state index contributed by atoms with van der Waals surface area (Å²) in [6.07, 6.45) is 2.81. The molecular weight excluding hydrogens is 262 g/mol. The normalized spacial score (nSPS) is 22.5. The highest BCUT2D eigenvalue weighted by molar-refractivity contribution is 7.99. The summed E-state index contributed by atoms with van der Waals surface area (Å²) in [6.45, 7) is 1.58. The fourth-order valence-electron chi connectivity index (χ4n) is 1.77. The van der Waals surface area contributed by atoms with E-state index >= 15 is 0 Å². The summed E-state index contributed by atoms with van der Waals surface area (Å²) in [5.41, 5.74) is 5.80. The van der Waals surface area contributed by atoms with Gasteiger partial charge in [0, 0.05) is 23.8 Å². The van der Waals surface area contributed by atoms with Crippen LogP contribution in [0, 0.1) is 0 Å². The summed E-state index contributed by atoms with van der Waals surface area (Å²) in [4.78, 5) is 1.27. The van der Waals surface area contributed by atoms with Gasteiger partial charge in [-0.25, -0.2) is 0 Å². The smallest absolute Gasteiger partial charge is 0.0931 e. The number of nitrogens with two attached hydrogens (primary N) is 1. The molecule has 2 N–H and O–H groups in total. The summed E-state index contributed by atoms with van der Waals surface area (Å²) in [6, 6.07) is 4.02. The molecule has 2 heterocycles. The van der Waals surface area contributed by atoms with Crippen molar-refractivity contribution in [2.24, 2.45) is 5.73 Å². The average molecular weight is 278 g/mol. The molecule has 1 aliphatic rings. The SMILES string of the molecule is NCC(SCC1CCCO1)c1ccc(Cl)s1. The van der Waals surface area contributed by atoms with Gasteiger partial charge in [0.05, 0.1) is 15.7 Å². The molecule has 90 valence electrons. The Morgan fingerprint density at radius 2 is 2.50 bits per heavy atom. The van der Waals surface area contributed by atoms with Crippen LogP contribution in [0.15, 0.2) is 12.1 Å². The number of rotatable bonds is 5. The second-order valence-electron chi connectivity index (χ2n) is 3.83. The summed E-state index contributed by atoms with van der Waals surface area (Å²) in [7, 11) is 0. The third-order valence-electron chi connectivity index (χ3n) is 2.63. The molecule has 1 aliphatic heterocycles. The van der Waals surface area contributed by atoms with Gasteiger partial charge in [0.1, 0.15) is 0 Å². The number of thiophene rings is 1. The molecule has 1 saturated heterocycles. The third-order valence-corrected chi connectivity index (χ3v) is 5.54. The summed E-state index contributed by atoms with van der Waals surface area (Å²) in [5, 5.41) is 0.363. The Bertz CT molecular complexity index is 326. The van der Waals surface area contributed by atoms with Crippen molar-refractivity contribution in [3.8, 4) is 0 Å². The van der Waals surface area contributed by atoms with Crippen LogP contribution in [-0.2, 0) is 4.74 Å². The van der Waals surface area contributed by atoms with Gasteiger partial charge in [0.25, 0.3) is 0 Å². The maximum Gasteiger partial charge on any atom is 0.0931 e.